The number of nitrogens with one attached hydrogen (secondary N) is 3. The highest BCUT2D eigenvalue weighted by molar-refractivity contribution is 6.05. The van der Waals surface area contributed by atoms with Crippen molar-refractivity contribution < 1.29 is 4.79 Å². The van der Waals surface area contributed by atoms with Gasteiger partial charge in [-0.15, -0.1) is 0 Å². The second-order valence-electron chi connectivity index (χ2n) is 8.72. The van der Waals surface area contributed by atoms with Crippen LogP contribution in [0.1, 0.15) is 67.9 Å². The van der Waals surface area contributed by atoms with Gasteiger partial charge in [-0.25, -0.2) is 9.78 Å². The zero-order valence-electron chi connectivity index (χ0n) is 17.1. The first-order chi connectivity index (χ1) is 13.9. The van der Waals surface area contributed by atoms with Crippen LogP contribution in [-0.2, 0) is 6.54 Å². The number of aromatic amines is 1. The van der Waals surface area contributed by atoms with Gasteiger partial charge in [0.25, 0.3) is 11.5 Å². The monoisotopic (exact) mass is 399 g/mol. The summed E-state index contributed by atoms with van der Waals surface area (Å²) in [4.78, 5) is 45.2. The maximum atomic E-state index is 13.2. The van der Waals surface area contributed by atoms with E-state index in [4.69, 9.17) is 0 Å². The molecule has 1 amide bonds. The van der Waals surface area contributed by atoms with E-state index < -0.39 is 11.2 Å². The van der Waals surface area contributed by atoms with Crippen LogP contribution >= 0.6 is 0 Å². The van der Waals surface area contributed by atoms with Gasteiger partial charge in [0.1, 0.15) is 0 Å². The third-order valence-electron chi connectivity index (χ3n) is 6.14. The Bertz CT molecular complexity index is 1040. The Morgan fingerprint density at radius 1 is 1.31 bits per heavy atom. The van der Waals surface area contributed by atoms with Crippen molar-refractivity contribution in [2.24, 2.45) is 5.41 Å². The standard InChI is InChI=1S/C21H29N5O3/c1-3-10-26-17-16(19(28)25-20(26)29)14(11-15(24-17)13-4-5-13)18(27)23-12-21(2)6-8-22-9-7-21/h11,13,22H,3-10,12H2,1-2H3,(H,23,27)(H,25,28,29). The van der Waals surface area contributed by atoms with Gasteiger partial charge in [-0.3, -0.25) is 19.1 Å². The van der Waals surface area contributed by atoms with Gasteiger partial charge in [0, 0.05) is 24.7 Å². The number of piperidine rings is 1. The van der Waals surface area contributed by atoms with Crippen LogP contribution in [0.5, 0.6) is 0 Å². The first-order valence-electron chi connectivity index (χ1n) is 10.6. The van der Waals surface area contributed by atoms with Gasteiger partial charge in [0.2, 0.25) is 0 Å². The van der Waals surface area contributed by atoms with E-state index in [1.807, 2.05) is 6.92 Å². The summed E-state index contributed by atoms with van der Waals surface area (Å²) in [5.41, 5.74) is 0.456. The quantitative estimate of drug-likeness (QED) is 0.682. The van der Waals surface area contributed by atoms with Gasteiger partial charge in [-0.1, -0.05) is 13.8 Å². The van der Waals surface area contributed by atoms with Crippen LogP contribution in [0.2, 0.25) is 0 Å². The van der Waals surface area contributed by atoms with Crippen molar-refractivity contribution >= 4 is 16.9 Å². The molecule has 8 heteroatoms. The highest BCUT2D eigenvalue weighted by Gasteiger charge is 2.30. The summed E-state index contributed by atoms with van der Waals surface area (Å²) in [6.07, 6.45) is 4.75. The molecule has 2 fully saturated rings. The number of nitrogens with zero attached hydrogens (tertiary/aromatic N) is 2. The molecule has 3 heterocycles. The number of aryl methyl sites for hydroxylation is 1. The lowest BCUT2D eigenvalue weighted by atomic mass is 9.81. The smallest absolute Gasteiger partial charge is 0.329 e. The number of aromatic nitrogens is 3. The summed E-state index contributed by atoms with van der Waals surface area (Å²) in [5.74, 6) is 0.0311. The van der Waals surface area contributed by atoms with E-state index in [1.165, 1.54) is 4.57 Å². The van der Waals surface area contributed by atoms with Crippen molar-refractivity contribution in [3.8, 4) is 0 Å². The van der Waals surface area contributed by atoms with Crippen LogP contribution < -0.4 is 21.9 Å². The minimum Gasteiger partial charge on any atom is -0.351 e. The Kier molecular flexibility index (Phi) is 5.29. The van der Waals surface area contributed by atoms with Crippen LogP contribution in [0.25, 0.3) is 11.0 Å². The molecule has 3 N–H and O–H groups in total. The number of hydrogen-bond acceptors (Lipinski definition) is 5. The predicted molar refractivity (Wildman–Crippen MR) is 111 cm³/mol. The van der Waals surface area contributed by atoms with Crippen molar-refractivity contribution in [3.63, 3.8) is 0 Å². The highest BCUT2D eigenvalue weighted by Crippen LogP contribution is 2.40. The maximum absolute atomic E-state index is 13.2. The van der Waals surface area contributed by atoms with Gasteiger partial charge >= 0.3 is 5.69 Å². The highest BCUT2D eigenvalue weighted by atomic mass is 16.2. The molecule has 2 aromatic heterocycles. The molecule has 0 unspecified atom stereocenters. The summed E-state index contributed by atoms with van der Waals surface area (Å²) < 4.78 is 1.48. The predicted octanol–water partition coefficient (Wildman–Crippen LogP) is 1.49. The second-order valence-corrected chi connectivity index (χ2v) is 8.72. The number of H-pyrrole nitrogens is 1. The van der Waals surface area contributed by atoms with E-state index >= 15 is 0 Å². The molecule has 2 aliphatic rings. The number of hydrogen-bond donors (Lipinski definition) is 3. The van der Waals surface area contributed by atoms with Crippen LogP contribution in [0, 0.1) is 5.41 Å². The van der Waals surface area contributed by atoms with Crippen molar-refractivity contribution in [2.75, 3.05) is 19.6 Å². The van der Waals surface area contributed by atoms with E-state index in [9.17, 15) is 14.4 Å². The molecule has 29 heavy (non-hydrogen) atoms. The molecule has 4 rings (SSSR count). The lowest BCUT2D eigenvalue weighted by molar-refractivity contribution is 0.0923. The van der Waals surface area contributed by atoms with Crippen LogP contribution in [0.4, 0.5) is 0 Å². The Balaban J connectivity index is 1.76. The molecule has 0 spiro atoms. The molecule has 156 valence electrons. The van der Waals surface area contributed by atoms with E-state index in [1.54, 1.807) is 6.07 Å². The van der Waals surface area contributed by atoms with E-state index in [0.29, 0.717) is 30.2 Å². The normalized spacial score (nSPS) is 18.7. The largest absolute Gasteiger partial charge is 0.351 e. The zero-order chi connectivity index (χ0) is 20.6. The summed E-state index contributed by atoms with van der Waals surface area (Å²) >= 11 is 0. The summed E-state index contributed by atoms with van der Waals surface area (Å²) in [7, 11) is 0. The molecule has 1 saturated carbocycles. The Labute approximate surface area is 169 Å². The first-order valence-corrected chi connectivity index (χ1v) is 10.6. The molecule has 1 saturated heterocycles. The van der Waals surface area contributed by atoms with Gasteiger partial charge in [0.15, 0.2) is 5.65 Å². The topological polar surface area (TPSA) is 109 Å². The third kappa shape index (κ3) is 3.99. The lowest BCUT2D eigenvalue weighted by Gasteiger charge is -2.34. The summed E-state index contributed by atoms with van der Waals surface area (Å²) in [6, 6.07) is 1.75. The molecule has 0 radical (unpaired) electrons. The summed E-state index contributed by atoms with van der Waals surface area (Å²) in [6.45, 7) is 7.03. The van der Waals surface area contributed by atoms with Crippen molar-refractivity contribution in [1.29, 1.82) is 0 Å². The minimum absolute atomic E-state index is 0.0415. The molecule has 2 aromatic rings. The van der Waals surface area contributed by atoms with Gasteiger partial charge < -0.3 is 10.6 Å². The summed E-state index contributed by atoms with van der Waals surface area (Å²) in [5, 5.41) is 6.59. The second kappa shape index (κ2) is 7.74. The first kappa shape index (κ1) is 19.8. The van der Waals surface area contributed by atoms with Crippen molar-refractivity contribution in [3.05, 3.63) is 38.2 Å². The van der Waals surface area contributed by atoms with Crippen LogP contribution in [0.15, 0.2) is 15.7 Å². The van der Waals surface area contributed by atoms with E-state index in [-0.39, 0.29) is 16.7 Å². The number of carbonyl (C=O) groups is 1. The average Bonchev–Trinajstić information content (AvgIpc) is 3.54. The SMILES string of the molecule is CCCn1c(=O)[nH]c(=O)c2c(C(=O)NCC3(C)CCNCC3)cc(C3CC3)nc21. The number of carbonyl (C=O) groups excluding carboxylic acids is 1. The number of fused-ring (bicyclic) bond motifs is 1. The average molecular weight is 399 g/mol. The van der Waals surface area contributed by atoms with Gasteiger partial charge in [0.05, 0.1) is 10.9 Å². The fourth-order valence-corrected chi connectivity index (χ4v) is 4.09. The van der Waals surface area contributed by atoms with Gasteiger partial charge in [-0.05, 0) is 56.7 Å². The zero-order valence-corrected chi connectivity index (χ0v) is 17.1. The van der Waals surface area contributed by atoms with E-state index in [0.717, 1.165) is 50.9 Å². The maximum Gasteiger partial charge on any atom is 0.329 e. The van der Waals surface area contributed by atoms with Crippen molar-refractivity contribution in [2.45, 2.75) is 58.4 Å². The number of rotatable bonds is 6. The fraction of sp³-hybridized carbons (Fsp3) is 0.619. The fourth-order valence-electron chi connectivity index (χ4n) is 4.09. The van der Waals surface area contributed by atoms with E-state index in [2.05, 4.69) is 27.5 Å². The molecule has 1 aliphatic carbocycles. The minimum atomic E-state index is -0.551. The number of amides is 1. The molecule has 0 atom stereocenters. The Morgan fingerprint density at radius 3 is 2.69 bits per heavy atom. The van der Waals surface area contributed by atoms with Gasteiger partial charge in [-0.2, -0.15) is 0 Å². The molecule has 0 bridgehead atoms. The van der Waals surface area contributed by atoms with Crippen molar-refractivity contribution in [1.82, 2.24) is 25.2 Å². The van der Waals surface area contributed by atoms with Crippen LogP contribution in [-0.4, -0.2) is 40.1 Å². The Hall–Kier alpha value is -2.48. The molecular formula is C21H29N5O3. The number of pyridine rings is 1. The lowest BCUT2D eigenvalue weighted by Crippen LogP contribution is -2.43. The third-order valence-corrected chi connectivity index (χ3v) is 6.14. The molecule has 0 aromatic carbocycles. The Morgan fingerprint density at radius 2 is 2.03 bits per heavy atom. The molecule has 8 nitrogen and oxygen atoms in total. The molecular weight excluding hydrogens is 370 g/mol. The molecule has 1 aliphatic heterocycles. The van der Waals surface area contributed by atoms with Crippen LogP contribution in [0.3, 0.4) is 0 Å².